The molecule has 0 amide bonds. The van der Waals surface area contributed by atoms with Crippen LogP contribution in [-0.2, 0) is 0 Å². The van der Waals surface area contributed by atoms with Crippen molar-refractivity contribution in [2.45, 2.75) is 44.2 Å². The number of ketones is 1. The molecule has 0 aromatic heterocycles. The van der Waals surface area contributed by atoms with Crippen molar-refractivity contribution in [2.24, 2.45) is 5.92 Å². The Bertz CT molecular complexity index is 1320. The average Bonchev–Trinajstić information content (AvgIpc) is 2.87. The quantitative estimate of drug-likeness (QED) is 0.356. The second-order valence-corrected chi connectivity index (χ2v) is 11.5. The molecule has 4 rings (SSSR count). The molecule has 1 fully saturated rings. The summed E-state index contributed by atoms with van der Waals surface area (Å²) in [4.78, 5) is 18.3. The van der Waals surface area contributed by atoms with E-state index in [9.17, 15) is 24.5 Å². The Morgan fingerprint density at radius 1 is 1.03 bits per heavy atom. The fourth-order valence-corrected chi connectivity index (χ4v) is 6.18. The highest BCUT2D eigenvalue weighted by Gasteiger charge is 2.45. The number of phenols is 2. The smallest absolute Gasteiger partial charge is 0.167 e. The number of piperidine rings is 1. The zero-order chi connectivity index (χ0) is 28.5. The van der Waals surface area contributed by atoms with Gasteiger partial charge < -0.3 is 25.1 Å². The maximum absolute atomic E-state index is 14.9. The average molecular weight is 535 g/mol. The number of halogens is 1. The van der Waals surface area contributed by atoms with Gasteiger partial charge in [-0.15, -0.1) is 0 Å². The van der Waals surface area contributed by atoms with E-state index in [1.165, 1.54) is 18.2 Å². The summed E-state index contributed by atoms with van der Waals surface area (Å²) in [7, 11) is 3.84. The van der Waals surface area contributed by atoms with Crippen LogP contribution in [-0.4, -0.2) is 76.3 Å². The van der Waals surface area contributed by atoms with Gasteiger partial charge in [0.25, 0.3) is 0 Å². The maximum atomic E-state index is 14.9. The number of para-hydroxylation sites is 1. The third kappa shape index (κ3) is 6.16. The normalized spacial score (nSPS) is 21.2. The Morgan fingerprint density at radius 3 is 2.33 bits per heavy atom. The molecule has 1 heterocycles. The van der Waals surface area contributed by atoms with Gasteiger partial charge in [0.15, 0.2) is 5.78 Å². The van der Waals surface area contributed by atoms with E-state index in [2.05, 4.69) is 4.90 Å². The molecule has 0 saturated carbocycles. The van der Waals surface area contributed by atoms with Crippen LogP contribution >= 0.6 is 0 Å². The summed E-state index contributed by atoms with van der Waals surface area (Å²) in [5.74, 6) is -1.75. The highest BCUT2D eigenvalue weighted by molar-refractivity contribution is 5.99. The van der Waals surface area contributed by atoms with Gasteiger partial charge in [0.2, 0.25) is 0 Å². The van der Waals surface area contributed by atoms with Crippen LogP contribution < -0.4 is 0 Å². The van der Waals surface area contributed by atoms with Crippen LogP contribution in [0.25, 0.3) is 0 Å². The number of nitrogens with zero attached hydrogens (tertiary/aromatic N) is 2. The Labute approximate surface area is 230 Å². The lowest BCUT2D eigenvalue weighted by molar-refractivity contribution is -0.0240. The van der Waals surface area contributed by atoms with Crippen molar-refractivity contribution in [1.29, 1.82) is 0 Å². The Morgan fingerprint density at radius 2 is 1.69 bits per heavy atom. The maximum Gasteiger partial charge on any atom is 0.167 e. The van der Waals surface area contributed by atoms with Crippen LogP contribution in [0.15, 0.2) is 66.7 Å². The molecular formula is C32H39FN2O4. The third-order valence-corrected chi connectivity index (χ3v) is 8.12. The topological polar surface area (TPSA) is 84.2 Å². The van der Waals surface area contributed by atoms with Crippen molar-refractivity contribution in [3.8, 4) is 11.5 Å². The van der Waals surface area contributed by atoms with Gasteiger partial charge in [0, 0.05) is 43.0 Å². The van der Waals surface area contributed by atoms with Crippen LogP contribution in [0.3, 0.4) is 0 Å². The second-order valence-electron chi connectivity index (χ2n) is 11.5. The van der Waals surface area contributed by atoms with Gasteiger partial charge in [0.1, 0.15) is 17.3 Å². The van der Waals surface area contributed by atoms with Gasteiger partial charge in [0.05, 0.1) is 11.6 Å². The summed E-state index contributed by atoms with van der Waals surface area (Å²) in [6.45, 7) is 6.64. The standard InChI is InChI=1S/C32H39FN2O4/c1-20-23(13-9-14-27(20)33)30-25(24-12-6-7-15-28(24)37)17-35(19-29(34(4)5)32(2,3)39)18-26(30)31(38)21-10-8-11-22(36)16-21/h6-16,25-26,29-30,36-37,39H,17-19H2,1-5H3/t25-,26+,29-,30-/m1/s1. The molecule has 3 N–H and O–H groups in total. The summed E-state index contributed by atoms with van der Waals surface area (Å²) in [5, 5.41) is 32.0. The van der Waals surface area contributed by atoms with Crippen LogP contribution in [0.1, 0.15) is 52.7 Å². The highest BCUT2D eigenvalue weighted by atomic mass is 19.1. The lowest BCUT2D eigenvalue weighted by Crippen LogP contribution is -2.56. The second kappa shape index (κ2) is 11.5. The van der Waals surface area contributed by atoms with E-state index < -0.39 is 17.4 Å². The molecule has 1 saturated heterocycles. The number of rotatable bonds is 8. The van der Waals surface area contributed by atoms with E-state index >= 15 is 0 Å². The van der Waals surface area contributed by atoms with Crippen LogP contribution in [0.4, 0.5) is 4.39 Å². The molecular weight excluding hydrogens is 495 g/mol. The zero-order valence-corrected chi connectivity index (χ0v) is 23.3. The van der Waals surface area contributed by atoms with Gasteiger partial charge in [-0.05, 0) is 75.8 Å². The Balaban J connectivity index is 1.89. The van der Waals surface area contributed by atoms with Gasteiger partial charge in [-0.25, -0.2) is 4.39 Å². The van der Waals surface area contributed by atoms with Crippen LogP contribution in [0, 0.1) is 18.7 Å². The van der Waals surface area contributed by atoms with Crippen molar-refractivity contribution in [3.05, 3.63) is 94.8 Å². The SMILES string of the molecule is Cc1c(F)cccc1[C@H]1[C@@H](C(=O)c2cccc(O)c2)CN(C[C@@H](N(C)C)C(C)(C)O)C[C@@H]1c1ccccc1O. The summed E-state index contributed by atoms with van der Waals surface area (Å²) in [6.07, 6.45) is 0. The highest BCUT2D eigenvalue weighted by Crippen LogP contribution is 2.47. The predicted octanol–water partition coefficient (Wildman–Crippen LogP) is 4.93. The van der Waals surface area contributed by atoms with E-state index in [0.29, 0.717) is 36.3 Å². The van der Waals surface area contributed by atoms with E-state index in [1.807, 2.05) is 37.2 Å². The van der Waals surface area contributed by atoms with Gasteiger partial charge >= 0.3 is 0 Å². The summed E-state index contributed by atoms with van der Waals surface area (Å²) < 4.78 is 14.9. The number of carbonyl (C=O) groups is 1. The van der Waals surface area contributed by atoms with Gasteiger partial charge in [-0.3, -0.25) is 4.79 Å². The number of likely N-dealkylation sites (N-methyl/N-ethyl adjacent to an activating group) is 1. The van der Waals surface area contributed by atoms with Crippen molar-refractivity contribution in [1.82, 2.24) is 9.80 Å². The largest absolute Gasteiger partial charge is 0.508 e. The number of aromatic hydroxyl groups is 2. The van der Waals surface area contributed by atoms with Crippen molar-refractivity contribution >= 4 is 5.78 Å². The van der Waals surface area contributed by atoms with Gasteiger partial charge in [-0.2, -0.15) is 0 Å². The third-order valence-electron chi connectivity index (χ3n) is 8.12. The number of Topliss-reactive ketones (excluding diaryl/α,β-unsaturated/α-hetero) is 1. The lowest BCUT2D eigenvalue weighted by Gasteiger charge is -2.47. The fourth-order valence-electron chi connectivity index (χ4n) is 6.18. The summed E-state index contributed by atoms with van der Waals surface area (Å²) >= 11 is 0. The number of phenolic OH excluding ortho intramolecular Hbond substituents is 2. The van der Waals surface area contributed by atoms with Gasteiger partial charge in [-0.1, -0.05) is 42.5 Å². The predicted molar refractivity (Wildman–Crippen MR) is 151 cm³/mol. The van der Waals surface area contributed by atoms with E-state index in [-0.39, 0.29) is 35.1 Å². The minimum absolute atomic E-state index is 0.000965. The number of hydrogen-bond donors (Lipinski definition) is 3. The molecule has 3 aromatic carbocycles. The number of carbonyl (C=O) groups excluding carboxylic acids is 1. The molecule has 6 nitrogen and oxygen atoms in total. The number of aliphatic hydroxyl groups is 1. The number of likely N-dealkylation sites (tertiary alicyclic amines) is 1. The molecule has 0 unspecified atom stereocenters. The number of hydrogen-bond acceptors (Lipinski definition) is 6. The van der Waals surface area contributed by atoms with E-state index in [1.54, 1.807) is 51.1 Å². The summed E-state index contributed by atoms with van der Waals surface area (Å²) in [5.41, 5.74) is 1.27. The Kier molecular flexibility index (Phi) is 8.45. The zero-order valence-electron chi connectivity index (χ0n) is 23.3. The molecule has 1 aliphatic heterocycles. The molecule has 0 bridgehead atoms. The molecule has 4 atom stereocenters. The Hall–Kier alpha value is -3.26. The minimum atomic E-state index is -1.01. The van der Waals surface area contributed by atoms with Crippen molar-refractivity contribution < 1.29 is 24.5 Å². The monoisotopic (exact) mass is 534 g/mol. The van der Waals surface area contributed by atoms with Crippen molar-refractivity contribution in [2.75, 3.05) is 33.7 Å². The first-order valence-corrected chi connectivity index (χ1v) is 13.4. The molecule has 0 spiro atoms. The van der Waals surface area contributed by atoms with Crippen LogP contribution in [0.5, 0.6) is 11.5 Å². The van der Waals surface area contributed by atoms with E-state index in [0.717, 1.165) is 5.56 Å². The van der Waals surface area contributed by atoms with Crippen molar-refractivity contribution in [3.63, 3.8) is 0 Å². The van der Waals surface area contributed by atoms with E-state index in [4.69, 9.17) is 0 Å². The minimum Gasteiger partial charge on any atom is -0.508 e. The summed E-state index contributed by atoms with van der Waals surface area (Å²) in [6, 6.07) is 18.1. The molecule has 1 aliphatic rings. The lowest BCUT2D eigenvalue weighted by atomic mass is 9.67. The molecule has 39 heavy (non-hydrogen) atoms. The molecule has 0 aliphatic carbocycles. The number of benzene rings is 3. The molecule has 208 valence electrons. The molecule has 3 aromatic rings. The molecule has 0 radical (unpaired) electrons. The first kappa shape index (κ1) is 28.7. The van der Waals surface area contributed by atoms with Crippen LogP contribution in [0.2, 0.25) is 0 Å². The first-order valence-electron chi connectivity index (χ1n) is 13.4. The molecule has 7 heteroatoms. The fraction of sp³-hybridized carbons (Fsp3) is 0.406. The first-order chi connectivity index (χ1) is 18.4.